The van der Waals surface area contributed by atoms with E-state index in [-0.39, 0.29) is 6.03 Å². The standard InChI is InChI=1S/C11H18N2O3S/c14-10(15)9-4-1-5-13(9)11(16)12-7-8-3-2-6-17-8/h8-9H,1-7H2,(H,12,16)(H,14,15). The summed E-state index contributed by atoms with van der Waals surface area (Å²) in [6.45, 7) is 1.22. The fraction of sp³-hybridized carbons (Fsp3) is 0.818. The lowest BCUT2D eigenvalue weighted by Gasteiger charge is -2.22. The molecule has 0 aromatic rings. The highest BCUT2D eigenvalue weighted by molar-refractivity contribution is 8.00. The summed E-state index contributed by atoms with van der Waals surface area (Å²) in [6, 6.07) is -0.853. The predicted octanol–water partition coefficient (Wildman–Crippen LogP) is 1.14. The number of carbonyl (C=O) groups is 2. The van der Waals surface area contributed by atoms with Crippen molar-refractivity contribution in [3.63, 3.8) is 0 Å². The first kappa shape index (κ1) is 12.5. The van der Waals surface area contributed by atoms with Gasteiger partial charge in [-0.1, -0.05) is 0 Å². The van der Waals surface area contributed by atoms with Gasteiger partial charge in [-0.2, -0.15) is 11.8 Å². The van der Waals surface area contributed by atoms with Gasteiger partial charge in [0, 0.05) is 18.3 Å². The van der Waals surface area contributed by atoms with E-state index >= 15 is 0 Å². The molecule has 2 rings (SSSR count). The number of carboxylic acid groups (broad SMARTS) is 1. The van der Waals surface area contributed by atoms with Crippen LogP contribution in [0, 0.1) is 0 Å². The number of nitrogens with zero attached hydrogens (tertiary/aromatic N) is 1. The Labute approximate surface area is 105 Å². The van der Waals surface area contributed by atoms with E-state index < -0.39 is 12.0 Å². The predicted molar refractivity (Wildman–Crippen MR) is 66.2 cm³/mol. The third-order valence-corrected chi connectivity index (χ3v) is 4.70. The zero-order chi connectivity index (χ0) is 12.3. The minimum absolute atomic E-state index is 0.220. The maximum Gasteiger partial charge on any atom is 0.326 e. The first-order chi connectivity index (χ1) is 8.18. The molecule has 2 heterocycles. The number of aliphatic carboxylic acids is 1. The van der Waals surface area contributed by atoms with Crippen LogP contribution in [0.4, 0.5) is 4.79 Å². The zero-order valence-corrected chi connectivity index (χ0v) is 10.5. The topological polar surface area (TPSA) is 69.6 Å². The molecule has 2 atom stereocenters. The molecular weight excluding hydrogens is 240 g/mol. The summed E-state index contributed by atoms with van der Waals surface area (Å²) in [5.74, 6) is 0.273. The number of nitrogens with one attached hydrogen (secondary N) is 1. The van der Waals surface area contributed by atoms with Gasteiger partial charge >= 0.3 is 12.0 Å². The molecule has 2 unspecified atom stereocenters. The number of likely N-dealkylation sites (tertiary alicyclic amines) is 1. The average molecular weight is 258 g/mol. The van der Waals surface area contributed by atoms with Crippen molar-refractivity contribution in [3.8, 4) is 0 Å². The van der Waals surface area contributed by atoms with E-state index in [1.54, 1.807) is 0 Å². The Balaban J connectivity index is 1.80. The molecule has 96 valence electrons. The molecule has 0 radical (unpaired) electrons. The number of urea groups is 1. The summed E-state index contributed by atoms with van der Waals surface area (Å²) < 4.78 is 0. The third-order valence-electron chi connectivity index (χ3n) is 3.30. The number of amides is 2. The van der Waals surface area contributed by atoms with Crippen molar-refractivity contribution in [1.82, 2.24) is 10.2 Å². The molecule has 5 nitrogen and oxygen atoms in total. The molecule has 0 aliphatic carbocycles. The molecule has 2 aliphatic heterocycles. The third kappa shape index (κ3) is 3.06. The summed E-state index contributed by atoms with van der Waals surface area (Å²) in [7, 11) is 0. The fourth-order valence-electron chi connectivity index (χ4n) is 2.37. The Morgan fingerprint density at radius 1 is 1.35 bits per heavy atom. The first-order valence-electron chi connectivity index (χ1n) is 6.07. The summed E-state index contributed by atoms with van der Waals surface area (Å²) in [5, 5.41) is 12.3. The highest BCUT2D eigenvalue weighted by Crippen LogP contribution is 2.25. The van der Waals surface area contributed by atoms with E-state index in [2.05, 4.69) is 5.32 Å². The maximum absolute atomic E-state index is 11.9. The van der Waals surface area contributed by atoms with E-state index in [1.807, 2.05) is 11.8 Å². The lowest BCUT2D eigenvalue weighted by Crippen LogP contribution is -2.47. The molecule has 0 aromatic heterocycles. The first-order valence-corrected chi connectivity index (χ1v) is 7.12. The minimum Gasteiger partial charge on any atom is -0.480 e. The number of thioether (sulfide) groups is 1. The van der Waals surface area contributed by atoms with Gasteiger partial charge in [0.05, 0.1) is 0 Å². The van der Waals surface area contributed by atoms with Crippen molar-refractivity contribution in [2.45, 2.75) is 37.0 Å². The van der Waals surface area contributed by atoms with Gasteiger partial charge in [-0.3, -0.25) is 0 Å². The van der Waals surface area contributed by atoms with Gasteiger partial charge in [0.2, 0.25) is 0 Å². The van der Waals surface area contributed by atoms with E-state index in [0.29, 0.717) is 24.8 Å². The second kappa shape index (κ2) is 5.62. The van der Waals surface area contributed by atoms with Crippen LogP contribution in [0.1, 0.15) is 25.7 Å². The largest absolute Gasteiger partial charge is 0.480 e. The van der Waals surface area contributed by atoms with Crippen molar-refractivity contribution in [3.05, 3.63) is 0 Å². The van der Waals surface area contributed by atoms with Crippen LogP contribution in [-0.4, -0.2) is 52.1 Å². The van der Waals surface area contributed by atoms with Crippen molar-refractivity contribution in [1.29, 1.82) is 0 Å². The van der Waals surface area contributed by atoms with Gasteiger partial charge in [0.25, 0.3) is 0 Å². The highest BCUT2D eigenvalue weighted by Gasteiger charge is 2.34. The molecule has 17 heavy (non-hydrogen) atoms. The van der Waals surface area contributed by atoms with Gasteiger partial charge in [0.1, 0.15) is 6.04 Å². The Hall–Kier alpha value is -0.910. The number of rotatable bonds is 3. The van der Waals surface area contributed by atoms with Gasteiger partial charge in [-0.15, -0.1) is 0 Å². The minimum atomic E-state index is -0.895. The number of hydrogen-bond acceptors (Lipinski definition) is 3. The quantitative estimate of drug-likeness (QED) is 0.796. The highest BCUT2D eigenvalue weighted by atomic mass is 32.2. The Morgan fingerprint density at radius 3 is 2.82 bits per heavy atom. The Bertz CT molecular complexity index is 305. The van der Waals surface area contributed by atoms with E-state index in [4.69, 9.17) is 5.11 Å². The molecule has 2 saturated heterocycles. The molecule has 0 aromatic carbocycles. The Kier molecular flexibility index (Phi) is 4.15. The monoisotopic (exact) mass is 258 g/mol. The van der Waals surface area contributed by atoms with Crippen LogP contribution < -0.4 is 5.32 Å². The summed E-state index contributed by atoms with van der Waals surface area (Å²) >= 11 is 1.88. The SMILES string of the molecule is O=C(O)C1CCCN1C(=O)NCC1CCCS1. The van der Waals surface area contributed by atoms with Crippen molar-refractivity contribution < 1.29 is 14.7 Å². The summed E-state index contributed by atoms with van der Waals surface area (Å²) in [6.07, 6.45) is 3.71. The number of carboxylic acids is 1. The molecule has 0 spiro atoms. The van der Waals surface area contributed by atoms with Gasteiger partial charge < -0.3 is 15.3 Å². The summed E-state index contributed by atoms with van der Waals surface area (Å²) in [4.78, 5) is 24.3. The molecule has 0 bridgehead atoms. The molecule has 2 fully saturated rings. The van der Waals surface area contributed by atoms with Crippen molar-refractivity contribution in [2.75, 3.05) is 18.8 Å². The second-order valence-electron chi connectivity index (χ2n) is 4.51. The summed E-state index contributed by atoms with van der Waals surface area (Å²) in [5.41, 5.74) is 0. The average Bonchev–Trinajstić information content (AvgIpc) is 2.96. The van der Waals surface area contributed by atoms with Gasteiger partial charge in [-0.25, -0.2) is 9.59 Å². The number of carbonyl (C=O) groups excluding carboxylic acids is 1. The molecule has 2 N–H and O–H groups in total. The van der Waals surface area contributed by atoms with Crippen molar-refractivity contribution >= 4 is 23.8 Å². The van der Waals surface area contributed by atoms with Crippen LogP contribution in [0.2, 0.25) is 0 Å². The zero-order valence-electron chi connectivity index (χ0n) is 9.72. The van der Waals surface area contributed by atoms with E-state index in [1.165, 1.54) is 17.1 Å². The molecule has 2 amide bonds. The van der Waals surface area contributed by atoms with E-state index in [0.717, 1.165) is 12.8 Å². The lowest BCUT2D eigenvalue weighted by atomic mass is 10.2. The smallest absolute Gasteiger partial charge is 0.326 e. The molecule has 6 heteroatoms. The molecule has 0 saturated carbocycles. The number of hydrogen-bond donors (Lipinski definition) is 2. The maximum atomic E-state index is 11.9. The molecular formula is C11H18N2O3S. The van der Waals surface area contributed by atoms with Crippen LogP contribution in [-0.2, 0) is 4.79 Å². The van der Waals surface area contributed by atoms with Crippen molar-refractivity contribution in [2.24, 2.45) is 0 Å². The lowest BCUT2D eigenvalue weighted by molar-refractivity contribution is -0.141. The van der Waals surface area contributed by atoms with Crippen LogP contribution in [0.25, 0.3) is 0 Å². The van der Waals surface area contributed by atoms with Crippen LogP contribution in [0.15, 0.2) is 0 Å². The van der Waals surface area contributed by atoms with Crippen LogP contribution in [0.5, 0.6) is 0 Å². The normalized spacial score (nSPS) is 28.4. The van der Waals surface area contributed by atoms with Crippen LogP contribution in [0.3, 0.4) is 0 Å². The van der Waals surface area contributed by atoms with Gasteiger partial charge in [0.15, 0.2) is 0 Å². The molecule has 2 aliphatic rings. The van der Waals surface area contributed by atoms with Crippen LogP contribution >= 0.6 is 11.8 Å². The van der Waals surface area contributed by atoms with Gasteiger partial charge in [-0.05, 0) is 31.4 Å². The second-order valence-corrected chi connectivity index (χ2v) is 5.92. The fourth-order valence-corrected chi connectivity index (χ4v) is 3.58. The Morgan fingerprint density at radius 2 is 2.18 bits per heavy atom. The van der Waals surface area contributed by atoms with E-state index in [9.17, 15) is 9.59 Å².